The molecular weight excluding hydrogens is 262 g/mol. The summed E-state index contributed by atoms with van der Waals surface area (Å²) in [4.78, 5) is 12.3. The van der Waals surface area contributed by atoms with Crippen LogP contribution in [0.1, 0.15) is 34.9 Å². The van der Waals surface area contributed by atoms with Gasteiger partial charge in [0.25, 0.3) is 5.56 Å². The lowest BCUT2D eigenvalue weighted by Crippen LogP contribution is -2.23. The summed E-state index contributed by atoms with van der Waals surface area (Å²) in [6.45, 7) is 7.43. The summed E-state index contributed by atoms with van der Waals surface area (Å²) in [7, 11) is 0. The quantitative estimate of drug-likeness (QED) is 0.794. The maximum Gasteiger partial charge on any atom is 0.289 e. The number of aryl methyl sites for hydroxylation is 3. The first-order chi connectivity index (χ1) is 9.93. The highest BCUT2D eigenvalue weighted by molar-refractivity contribution is 5.98. The number of nitriles is 1. The summed E-state index contributed by atoms with van der Waals surface area (Å²) in [6.07, 6.45) is 0. The van der Waals surface area contributed by atoms with E-state index in [0.717, 1.165) is 11.3 Å². The molecule has 1 aromatic heterocycles. The van der Waals surface area contributed by atoms with Crippen molar-refractivity contribution in [1.82, 2.24) is 4.68 Å². The molecule has 0 N–H and O–H groups in total. The number of hydrogen-bond acceptors (Lipinski definition) is 3. The molecule has 0 saturated heterocycles. The molecule has 21 heavy (non-hydrogen) atoms. The third kappa shape index (κ3) is 2.92. The fourth-order valence-corrected chi connectivity index (χ4v) is 2.14. The molecule has 0 aliphatic carbocycles. The van der Waals surface area contributed by atoms with Crippen LogP contribution in [0.2, 0.25) is 0 Å². The molecular formula is C17H17N3O. The van der Waals surface area contributed by atoms with Crippen LogP contribution in [0.4, 0.5) is 0 Å². The normalized spacial score (nSPS) is 11.3. The van der Waals surface area contributed by atoms with E-state index in [4.69, 9.17) is 5.26 Å². The molecule has 0 atom stereocenters. The standard InChI is InChI=1S/C17H17N3O/c1-11-5-7-15(8-6-11)14(4)19-20-13(3)9-12(2)16(10-18)17(20)21/h5-9H,1-4H3. The lowest BCUT2D eigenvalue weighted by Gasteiger charge is -2.08. The second-order valence-corrected chi connectivity index (χ2v) is 5.12. The van der Waals surface area contributed by atoms with E-state index < -0.39 is 0 Å². The smallest absolute Gasteiger partial charge is 0.266 e. The number of hydrogen-bond donors (Lipinski definition) is 0. The van der Waals surface area contributed by atoms with Gasteiger partial charge in [0, 0.05) is 5.69 Å². The molecule has 2 aromatic rings. The maximum absolute atomic E-state index is 12.3. The fourth-order valence-electron chi connectivity index (χ4n) is 2.14. The Balaban J connectivity index is 2.58. The second-order valence-electron chi connectivity index (χ2n) is 5.12. The Hall–Kier alpha value is -2.67. The molecule has 0 unspecified atom stereocenters. The molecule has 1 aromatic carbocycles. The van der Waals surface area contributed by atoms with Crippen molar-refractivity contribution in [3.05, 3.63) is 68.6 Å². The monoisotopic (exact) mass is 279 g/mol. The SMILES string of the molecule is CC(=Nn1c(C)cc(C)c(C#N)c1=O)c1ccc(C)cc1. The van der Waals surface area contributed by atoms with E-state index in [0.29, 0.717) is 11.3 Å². The molecule has 0 radical (unpaired) electrons. The predicted molar refractivity (Wildman–Crippen MR) is 83.7 cm³/mol. The Labute approximate surface area is 124 Å². The minimum atomic E-state index is -0.374. The van der Waals surface area contributed by atoms with Gasteiger partial charge in [-0.3, -0.25) is 4.79 Å². The highest BCUT2D eigenvalue weighted by atomic mass is 16.1. The zero-order chi connectivity index (χ0) is 15.6. The van der Waals surface area contributed by atoms with Crippen molar-refractivity contribution in [1.29, 1.82) is 5.26 Å². The van der Waals surface area contributed by atoms with Gasteiger partial charge in [0.05, 0.1) is 5.71 Å². The molecule has 0 aliphatic rings. The van der Waals surface area contributed by atoms with Crippen LogP contribution < -0.4 is 5.56 Å². The maximum atomic E-state index is 12.3. The van der Waals surface area contributed by atoms with Gasteiger partial charge >= 0.3 is 0 Å². The first-order valence-electron chi connectivity index (χ1n) is 6.70. The highest BCUT2D eigenvalue weighted by Crippen LogP contribution is 2.08. The van der Waals surface area contributed by atoms with E-state index in [1.165, 1.54) is 10.2 Å². The van der Waals surface area contributed by atoms with Gasteiger partial charge in [-0.15, -0.1) is 0 Å². The zero-order valence-corrected chi connectivity index (χ0v) is 12.6. The average molecular weight is 279 g/mol. The van der Waals surface area contributed by atoms with Crippen molar-refractivity contribution >= 4 is 5.71 Å². The van der Waals surface area contributed by atoms with Gasteiger partial charge < -0.3 is 0 Å². The highest BCUT2D eigenvalue weighted by Gasteiger charge is 2.10. The van der Waals surface area contributed by atoms with Crippen LogP contribution in [0, 0.1) is 32.1 Å². The van der Waals surface area contributed by atoms with Crippen LogP contribution in [0.15, 0.2) is 40.2 Å². The third-order valence-electron chi connectivity index (χ3n) is 3.39. The Morgan fingerprint density at radius 1 is 1.19 bits per heavy atom. The van der Waals surface area contributed by atoms with Crippen LogP contribution in [-0.2, 0) is 0 Å². The van der Waals surface area contributed by atoms with Gasteiger partial charge in [-0.05, 0) is 44.9 Å². The van der Waals surface area contributed by atoms with E-state index in [1.807, 2.05) is 51.1 Å². The molecule has 0 bridgehead atoms. The van der Waals surface area contributed by atoms with Gasteiger partial charge in [-0.25, -0.2) is 4.68 Å². The number of aromatic nitrogens is 1. The Kier molecular flexibility index (Phi) is 4.04. The van der Waals surface area contributed by atoms with E-state index >= 15 is 0 Å². The molecule has 1 heterocycles. The van der Waals surface area contributed by atoms with Crippen molar-refractivity contribution < 1.29 is 0 Å². The number of pyridine rings is 1. The molecule has 0 amide bonds. The third-order valence-corrected chi connectivity index (χ3v) is 3.39. The van der Waals surface area contributed by atoms with Gasteiger partial charge in [-0.1, -0.05) is 29.8 Å². The number of nitrogens with zero attached hydrogens (tertiary/aromatic N) is 3. The van der Waals surface area contributed by atoms with Crippen LogP contribution in [0.25, 0.3) is 0 Å². The Morgan fingerprint density at radius 3 is 2.38 bits per heavy atom. The van der Waals surface area contributed by atoms with Crippen molar-refractivity contribution in [3.63, 3.8) is 0 Å². The van der Waals surface area contributed by atoms with Crippen molar-refractivity contribution in [2.45, 2.75) is 27.7 Å². The lowest BCUT2D eigenvalue weighted by molar-refractivity contribution is 0.781. The van der Waals surface area contributed by atoms with Gasteiger partial charge in [0.1, 0.15) is 11.6 Å². The largest absolute Gasteiger partial charge is 0.289 e. The number of benzene rings is 1. The molecule has 2 rings (SSSR count). The summed E-state index contributed by atoms with van der Waals surface area (Å²) in [6, 6.07) is 11.7. The molecule has 0 fully saturated rings. The average Bonchev–Trinajstić information content (AvgIpc) is 2.44. The molecule has 0 aliphatic heterocycles. The van der Waals surface area contributed by atoms with Crippen LogP contribution in [0.5, 0.6) is 0 Å². The van der Waals surface area contributed by atoms with Crippen molar-refractivity contribution in [2.24, 2.45) is 5.10 Å². The van der Waals surface area contributed by atoms with E-state index in [2.05, 4.69) is 5.10 Å². The van der Waals surface area contributed by atoms with Crippen LogP contribution in [0.3, 0.4) is 0 Å². The molecule has 4 nitrogen and oxygen atoms in total. The Bertz CT molecular complexity index is 806. The summed E-state index contributed by atoms with van der Waals surface area (Å²) < 4.78 is 1.29. The van der Waals surface area contributed by atoms with Gasteiger partial charge in [-0.2, -0.15) is 10.4 Å². The molecule has 0 saturated carbocycles. The minimum absolute atomic E-state index is 0.140. The van der Waals surface area contributed by atoms with Gasteiger partial charge in [0.2, 0.25) is 0 Å². The summed E-state index contributed by atoms with van der Waals surface area (Å²) in [5.74, 6) is 0. The Morgan fingerprint density at radius 2 is 1.81 bits per heavy atom. The number of rotatable bonds is 2. The summed E-state index contributed by atoms with van der Waals surface area (Å²) in [5, 5.41) is 13.5. The lowest BCUT2D eigenvalue weighted by atomic mass is 10.1. The fraction of sp³-hybridized carbons (Fsp3) is 0.235. The predicted octanol–water partition coefficient (Wildman–Crippen LogP) is 2.92. The summed E-state index contributed by atoms with van der Waals surface area (Å²) >= 11 is 0. The first-order valence-corrected chi connectivity index (χ1v) is 6.70. The van der Waals surface area contributed by atoms with Gasteiger partial charge in [0.15, 0.2) is 0 Å². The first kappa shape index (κ1) is 14.7. The van der Waals surface area contributed by atoms with E-state index in [9.17, 15) is 4.79 Å². The van der Waals surface area contributed by atoms with Crippen LogP contribution in [-0.4, -0.2) is 10.4 Å². The van der Waals surface area contributed by atoms with E-state index in [-0.39, 0.29) is 11.1 Å². The van der Waals surface area contributed by atoms with Crippen LogP contribution >= 0.6 is 0 Å². The topological polar surface area (TPSA) is 58.1 Å². The van der Waals surface area contributed by atoms with Crippen molar-refractivity contribution in [2.75, 3.05) is 0 Å². The van der Waals surface area contributed by atoms with E-state index in [1.54, 1.807) is 13.0 Å². The zero-order valence-electron chi connectivity index (χ0n) is 12.6. The molecule has 106 valence electrons. The second kappa shape index (κ2) is 5.76. The molecule has 4 heteroatoms. The molecule has 0 spiro atoms. The minimum Gasteiger partial charge on any atom is -0.266 e. The van der Waals surface area contributed by atoms with Crippen molar-refractivity contribution in [3.8, 4) is 6.07 Å². The summed E-state index contributed by atoms with van der Waals surface area (Å²) in [5.41, 5.74) is 4.01.